The Hall–Kier alpha value is 0.0600. The molecule has 0 radical (unpaired) electrons. The van der Waals surface area contributed by atoms with Crippen LogP contribution in [0, 0.1) is 17.8 Å². The molecular formula is C16H32NOP. The number of rotatable bonds is 9. The van der Waals surface area contributed by atoms with E-state index in [0.717, 1.165) is 25.2 Å². The quantitative estimate of drug-likeness (QED) is 0.433. The van der Waals surface area contributed by atoms with Gasteiger partial charge in [0.05, 0.1) is 6.61 Å². The SMILES string of the molecule is C=NCCP(OCC1CCCC1)C(C(C)C)C(C)C. The van der Waals surface area contributed by atoms with E-state index in [1.54, 1.807) is 0 Å². The summed E-state index contributed by atoms with van der Waals surface area (Å²) in [5.41, 5.74) is 0.693. The van der Waals surface area contributed by atoms with Crippen LogP contribution < -0.4 is 0 Å². The van der Waals surface area contributed by atoms with Crippen LogP contribution in [0.3, 0.4) is 0 Å². The van der Waals surface area contributed by atoms with Crippen molar-refractivity contribution in [2.24, 2.45) is 22.7 Å². The third kappa shape index (κ3) is 5.92. The molecular weight excluding hydrogens is 253 g/mol. The summed E-state index contributed by atoms with van der Waals surface area (Å²) in [6.45, 7) is 14.8. The van der Waals surface area contributed by atoms with Crippen molar-refractivity contribution in [3.63, 3.8) is 0 Å². The second-order valence-electron chi connectivity index (χ2n) is 6.51. The first kappa shape index (κ1) is 17.1. The summed E-state index contributed by atoms with van der Waals surface area (Å²) in [5, 5.41) is 0. The van der Waals surface area contributed by atoms with Gasteiger partial charge in [-0.05, 0) is 37.3 Å². The van der Waals surface area contributed by atoms with Crippen LogP contribution in [0.15, 0.2) is 4.99 Å². The van der Waals surface area contributed by atoms with Crippen molar-refractivity contribution >= 4 is 14.9 Å². The van der Waals surface area contributed by atoms with Gasteiger partial charge in [-0.1, -0.05) is 40.5 Å². The smallest absolute Gasteiger partial charge is 0.0537 e. The molecule has 0 bridgehead atoms. The maximum Gasteiger partial charge on any atom is 0.0537 e. The van der Waals surface area contributed by atoms with Gasteiger partial charge in [-0.3, -0.25) is 0 Å². The third-order valence-electron chi connectivity index (χ3n) is 4.13. The fourth-order valence-corrected chi connectivity index (χ4v) is 5.95. The molecule has 1 rings (SSSR count). The highest BCUT2D eigenvalue weighted by atomic mass is 31.1. The van der Waals surface area contributed by atoms with Gasteiger partial charge in [-0.15, -0.1) is 0 Å². The minimum Gasteiger partial charge on any atom is -0.359 e. The van der Waals surface area contributed by atoms with Gasteiger partial charge in [0.1, 0.15) is 0 Å². The van der Waals surface area contributed by atoms with E-state index < -0.39 is 0 Å². The summed E-state index contributed by atoms with van der Waals surface area (Å²) in [7, 11) is -0.359. The number of nitrogens with zero attached hydrogens (tertiary/aromatic N) is 1. The van der Waals surface area contributed by atoms with Crippen LogP contribution in [0.2, 0.25) is 0 Å². The minimum atomic E-state index is -0.359. The molecule has 1 saturated carbocycles. The Morgan fingerprint density at radius 1 is 1.16 bits per heavy atom. The molecule has 0 aromatic carbocycles. The molecule has 0 amide bonds. The first-order valence-corrected chi connectivity index (χ1v) is 9.39. The number of hydrogen-bond acceptors (Lipinski definition) is 2. The molecule has 19 heavy (non-hydrogen) atoms. The molecule has 0 N–H and O–H groups in total. The van der Waals surface area contributed by atoms with E-state index >= 15 is 0 Å². The molecule has 0 aromatic rings. The molecule has 0 spiro atoms. The molecule has 1 unspecified atom stereocenters. The van der Waals surface area contributed by atoms with Crippen LogP contribution in [0.4, 0.5) is 0 Å². The molecule has 1 fully saturated rings. The van der Waals surface area contributed by atoms with Crippen molar-refractivity contribution < 1.29 is 4.52 Å². The van der Waals surface area contributed by atoms with Gasteiger partial charge in [0.25, 0.3) is 0 Å². The fourth-order valence-electron chi connectivity index (χ4n) is 3.28. The van der Waals surface area contributed by atoms with Crippen molar-refractivity contribution in [3.8, 4) is 0 Å². The predicted octanol–water partition coefficient (Wildman–Crippen LogP) is 4.97. The second kappa shape index (κ2) is 9.08. The number of aliphatic imine (C=N–C) groups is 1. The topological polar surface area (TPSA) is 21.6 Å². The Kier molecular flexibility index (Phi) is 8.18. The van der Waals surface area contributed by atoms with E-state index in [4.69, 9.17) is 4.52 Å². The highest BCUT2D eigenvalue weighted by molar-refractivity contribution is 7.53. The molecule has 1 aliphatic carbocycles. The molecule has 1 aliphatic rings. The van der Waals surface area contributed by atoms with E-state index in [2.05, 4.69) is 39.4 Å². The molecule has 0 aliphatic heterocycles. The summed E-state index contributed by atoms with van der Waals surface area (Å²) in [6.07, 6.45) is 6.64. The maximum absolute atomic E-state index is 6.39. The zero-order chi connectivity index (χ0) is 14.3. The van der Waals surface area contributed by atoms with Crippen molar-refractivity contribution in [1.82, 2.24) is 0 Å². The van der Waals surface area contributed by atoms with Crippen LogP contribution in [0.5, 0.6) is 0 Å². The largest absolute Gasteiger partial charge is 0.359 e. The first-order valence-electron chi connectivity index (χ1n) is 7.88. The standard InChI is InChI=1S/C16H32NOP/c1-13(2)16(14(3)4)19(11-10-17-5)18-12-15-8-6-7-9-15/h13-16H,5-12H2,1-4H3. The van der Waals surface area contributed by atoms with Crippen molar-refractivity contribution in [2.75, 3.05) is 19.3 Å². The first-order chi connectivity index (χ1) is 9.06. The lowest BCUT2D eigenvalue weighted by atomic mass is 10.00. The number of hydrogen-bond donors (Lipinski definition) is 0. The van der Waals surface area contributed by atoms with Gasteiger partial charge in [0.2, 0.25) is 0 Å². The van der Waals surface area contributed by atoms with Crippen LogP contribution in [0.1, 0.15) is 53.4 Å². The van der Waals surface area contributed by atoms with Crippen molar-refractivity contribution in [2.45, 2.75) is 59.0 Å². The summed E-state index contributed by atoms with van der Waals surface area (Å²) >= 11 is 0. The Labute approximate surface area is 121 Å². The Morgan fingerprint density at radius 2 is 1.74 bits per heavy atom. The fraction of sp³-hybridized carbons (Fsp3) is 0.938. The average molecular weight is 285 g/mol. The molecule has 112 valence electrons. The Balaban J connectivity index is 2.54. The van der Waals surface area contributed by atoms with Crippen LogP contribution in [0.25, 0.3) is 0 Å². The molecule has 1 atom stereocenters. The predicted molar refractivity (Wildman–Crippen MR) is 87.6 cm³/mol. The van der Waals surface area contributed by atoms with E-state index in [0.29, 0.717) is 17.5 Å². The Bertz CT molecular complexity index is 241. The lowest BCUT2D eigenvalue weighted by Gasteiger charge is -2.33. The van der Waals surface area contributed by atoms with E-state index in [9.17, 15) is 0 Å². The highest BCUT2D eigenvalue weighted by Gasteiger charge is 2.29. The monoisotopic (exact) mass is 285 g/mol. The maximum atomic E-state index is 6.39. The molecule has 0 aromatic heterocycles. The lowest BCUT2D eigenvalue weighted by Crippen LogP contribution is -2.24. The minimum absolute atomic E-state index is 0.359. The molecule has 2 nitrogen and oxygen atoms in total. The van der Waals surface area contributed by atoms with E-state index in [1.807, 2.05) is 0 Å². The summed E-state index contributed by atoms with van der Waals surface area (Å²) in [5.74, 6) is 2.21. The lowest BCUT2D eigenvalue weighted by molar-refractivity contribution is 0.265. The van der Waals surface area contributed by atoms with Crippen LogP contribution >= 0.6 is 8.15 Å². The normalized spacial score (nSPS) is 18.7. The van der Waals surface area contributed by atoms with E-state index in [-0.39, 0.29) is 8.15 Å². The second-order valence-corrected chi connectivity index (χ2v) is 8.65. The van der Waals surface area contributed by atoms with Crippen molar-refractivity contribution in [1.29, 1.82) is 0 Å². The van der Waals surface area contributed by atoms with Gasteiger partial charge in [0.15, 0.2) is 0 Å². The van der Waals surface area contributed by atoms with Gasteiger partial charge in [-0.25, -0.2) is 0 Å². The molecule has 0 heterocycles. The molecule has 3 heteroatoms. The highest BCUT2D eigenvalue weighted by Crippen LogP contribution is 2.49. The average Bonchev–Trinajstić information content (AvgIpc) is 2.84. The van der Waals surface area contributed by atoms with E-state index in [1.165, 1.54) is 25.7 Å². The van der Waals surface area contributed by atoms with Gasteiger partial charge in [0, 0.05) is 26.5 Å². The zero-order valence-corrected chi connectivity index (χ0v) is 14.2. The summed E-state index contributed by atoms with van der Waals surface area (Å²) in [6, 6.07) is 0. The summed E-state index contributed by atoms with van der Waals surface area (Å²) in [4.78, 5) is 4.04. The summed E-state index contributed by atoms with van der Waals surface area (Å²) < 4.78 is 6.39. The van der Waals surface area contributed by atoms with Gasteiger partial charge in [-0.2, -0.15) is 0 Å². The molecule has 0 saturated heterocycles. The van der Waals surface area contributed by atoms with Gasteiger partial charge >= 0.3 is 0 Å². The van der Waals surface area contributed by atoms with Crippen LogP contribution in [-0.2, 0) is 4.52 Å². The zero-order valence-electron chi connectivity index (χ0n) is 13.3. The Morgan fingerprint density at radius 3 is 2.21 bits per heavy atom. The van der Waals surface area contributed by atoms with Crippen molar-refractivity contribution in [3.05, 3.63) is 0 Å². The van der Waals surface area contributed by atoms with Crippen LogP contribution in [-0.4, -0.2) is 31.7 Å². The third-order valence-corrected chi connectivity index (χ3v) is 7.11. The van der Waals surface area contributed by atoms with Gasteiger partial charge < -0.3 is 9.52 Å².